The van der Waals surface area contributed by atoms with Crippen LogP contribution in [0.15, 0.2) is 0 Å². The van der Waals surface area contributed by atoms with Crippen LogP contribution in [0.4, 0.5) is 4.79 Å². The summed E-state index contributed by atoms with van der Waals surface area (Å²) in [6.45, 7) is 2.84. The van der Waals surface area contributed by atoms with Gasteiger partial charge in [-0.3, -0.25) is 10.1 Å². The maximum Gasteiger partial charge on any atom is 0.329 e. The van der Waals surface area contributed by atoms with Gasteiger partial charge in [-0.05, 0) is 14.0 Å². The van der Waals surface area contributed by atoms with Crippen molar-refractivity contribution in [3.8, 4) is 0 Å². The number of likely N-dealkylation sites (N-methyl/N-ethyl adjacent to an activating group) is 1. The maximum absolute atomic E-state index is 11.8. The van der Waals surface area contributed by atoms with Crippen molar-refractivity contribution in [2.75, 3.05) is 39.9 Å². The lowest BCUT2D eigenvalue weighted by Gasteiger charge is -2.37. The van der Waals surface area contributed by atoms with Gasteiger partial charge in [0, 0.05) is 25.7 Å². The van der Waals surface area contributed by atoms with Gasteiger partial charge in [0.1, 0.15) is 13.2 Å². The zero-order valence-electron chi connectivity index (χ0n) is 11.1. The maximum atomic E-state index is 11.8. The van der Waals surface area contributed by atoms with Crippen LogP contribution >= 0.6 is 0 Å². The van der Waals surface area contributed by atoms with Gasteiger partial charge in [0.25, 0.3) is 5.91 Å². The standard InChI is InChI=1S/C11H19N3O5/c1-8-5-14(4-3-13(8)2)11(18)12-9(15)6-19-7-10(16)17/h8H,3-7H2,1-2H3,(H,16,17)(H,12,15,18). The highest BCUT2D eigenvalue weighted by molar-refractivity contribution is 5.95. The number of imide groups is 1. The van der Waals surface area contributed by atoms with Gasteiger partial charge in [0.15, 0.2) is 0 Å². The Kier molecular flexibility index (Phi) is 5.71. The third kappa shape index (κ3) is 5.23. The molecule has 1 saturated heterocycles. The van der Waals surface area contributed by atoms with E-state index in [-0.39, 0.29) is 6.04 Å². The second-order valence-corrected chi connectivity index (χ2v) is 4.52. The molecule has 1 aliphatic rings. The Bertz CT molecular complexity index is 360. The van der Waals surface area contributed by atoms with Gasteiger partial charge in [-0.25, -0.2) is 9.59 Å². The molecule has 1 rings (SSSR count). The fraction of sp³-hybridized carbons (Fsp3) is 0.727. The second-order valence-electron chi connectivity index (χ2n) is 4.52. The molecular weight excluding hydrogens is 254 g/mol. The van der Waals surface area contributed by atoms with Crippen molar-refractivity contribution in [3.63, 3.8) is 0 Å². The van der Waals surface area contributed by atoms with E-state index < -0.39 is 31.1 Å². The molecule has 8 heteroatoms. The molecule has 0 aromatic carbocycles. The summed E-state index contributed by atoms with van der Waals surface area (Å²) in [6, 6.07) is -0.235. The molecule has 19 heavy (non-hydrogen) atoms. The highest BCUT2D eigenvalue weighted by Gasteiger charge is 2.25. The summed E-state index contributed by atoms with van der Waals surface area (Å²) in [5.74, 6) is -1.80. The number of carboxylic acid groups (broad SMARTS) is 1. The molecule has 0 aromatic rings. The van der Waals surface area contributed by atoms with Gasteiger partial charge in [0.05, 0.1) is 0 Å². The van der Waals surface area contributed by atoms with E-state index in [4.69, 9.17) is 5.11 Å². The van der Waals surface area contributed by atoms with Crippen molar-refractivity contribution in [2.45, 2.75) is 13.0 Å². The van der Waals surface area contributed by atoms with E-state index in [0.717, 1.165) is 6.54 Å². The topological polar surface area (TPSA) is 99.2 Å². The van der Waals surface area contributed by atoms with Crippen molar-refractivity contribution in [1.29, 1.82) is 0 Å². The van der Waals surface area contributed by atoms with Crippen LogP contribution in [0.3, 0.4) is 0 Å². The molecule has 0 radical (unpaired) electrons. The number of nitrogens with one attached hydrogen (secondary N) is 1. The van der Waals surface area contributed by atoms with E-state index in [0.29, 0.717) is 13.1 Å². The first-order chi connectivity index (χ1) is 8.90. The molecule has 1 heterocycles. The molecule has 0 bridgehead atoms. The minimum Gasteiger partial charge on any atom is -0.480 e. The lowest BCUT2D eigenvalue weighted by molar-refractivity contribution is -0.143. The smallest absolute Gasteiger partial charge is 0.329 e. The van der Waals surface area contributed by atoms with E-state index in [2.05, 4.69) is 15.0 Å². The van der Waals surface area contributed by atoms with E-state index in [9.17, 15) is 14.4 Å². The molecule has 2 N–H and O–H groups in total. The molecule has 1 atom stereocenters. The van der Waals surface area contributed by atoms with Crippen molar-refractivity contribution < 1.29 is 24.2 Å². The largest absolute Gasteiger partial charge is 0.480 e. The van der Waals surface area contributed by atoms with Crippen LogP contribution in [-0.2, 0) is 14.3 Å². The van der Waals surface area contributed by atoms with Gasteiger partial charge in [0.2, 0.25) is 0 Å². The predicted molar refractivity (Wildman–Crippen MR) is 65.7 cm³/mol. The average Bonchev–Trinajstić information content (AvgIpc) is 2.32. The quantitative estimate of drug-likeness (QED) is 0.679. The first-order valence-electron chi connectivity index (χ1n) is 5.98. The van der Waals surface area contributed by atoms with Crippen LogP contribution < -0.4 is 5.32 Å². The average molecular weight is 273 g/mol. The third-order valence-corrected chi connectivity index (χ3v) is 2.95. The Labute approximate surface area is 111 Å². The Morgan fingerprint density at radius 3 is 2.58 bits per heavy atom. The van der Waals surface area contributed by atoms with Gasteiger partial charge < -0.3 is 19.6 Å². The van der Waals surface area contributed by atoms with Crippen LogP contribution in [0.5, 0.6) is 0 Å². The molecule has 0 aliphatic carbocycles. The predicted octanol–water partition coefficient (Wildman–Crippen LogP) is -1.04. The fourth-order valence-corrected chi connectivity index (χ4v) is 1.70. The SMILES string of the molecule is CC1CN(C(=O)NC(=O)COCC(=O)O)CCN1C. The molecule has 1 fully saturated rings. The number of rotatable bonds is 4. The number of piperazine rings is 1. The van der Waals surface area contributed by atoms with E-state index in [1.54, 1.807) is 4.90 Å². The summed E-state index contributed by atoms with van der Waals surface area (Å²) < 4.78 is 4.59. The zero-order valence-corrected chi connectivity index (χ0v) is 11.1. The Balaban J connectivity index is 2.30. The Hall–Kier alpha value is -1.67. The molecule has 0 spiro atoms. The number of amides is 3. The summed E-state index contributed by atoms with van der Waals surface area (Å²) in [6.07, 6.45) is 0. The number of carbonyl (C=O) groups is 3. The fourth-order valence-electron chi connectivity index (χ4n) is 1.70. The van der Waals surface area contributed by atoms with Crippen molar-refractivity contribution in [1.82, 2.24) is 15.1 Å². The van der Waals surface area contributed by atoms with Crippen LogP contribution in [0, 0.1) is 0 Å². The summed E-state index contributed by atoms with van der Waals surface area (Å²) in [7, 11) is 1.98. The summed E-state index contributed by atoms with van der Waals surface area (Å²) in [5, 5.41) is 10.5. The number of urea groups is 1. The van der Waals surface area contributed by atoms with Gasteiger partial charge in [-0.1, -0.05) is 0 Å². The van der Waals surface area contributed by atoms with Crippen molar-refractivity contribution in [2.24, 2.45) is 0 Å². The molecular formula is C11H19N3O5. The van der Waals surface area contributed by atoms with Gasteiger partial charge in [-0.2, -0.15) is 0 Å². The molecule has 108 valence electrons. The van der Waals surface area contributed by atoms with Crippen molar-refractivity contribution >= 4 is 17.9 Å². The highest BCUT2D eigenvalue weighted by atomic mass is 16.5. The van der Waals surface area contributed by atoms with Crippen LogP contribution in [0.25, 0.3) is 0 Å². The minimum absolute atomic E-state index is 0.234. The number of ether oxygens (including phenoxy) is 1. The molecule has 8 nitrogen and oxygen atoms in total. The van der Waals surface area contributed by atoms with Crippen LogP contribution in [0.2, 0.25) is 0 Å². The summed E-state index contributed by atoms with van der Waals surface area (Å²) >= 11 is 0. The summed E-state index contributed by atoms with van der Waals surface area (Å²) in [4.78, 5) is 37.0. The molecule has 3 amide bonds. The first kappa shape index (κ1) is 15.4. The molecule has 0 aromatic heterocycles. The third-order valence-electron chi connectivity index (χ3n) is 2.95. The van der Waals surface area contributed by atoms with E-state index in [1.165, 1.54) is 0 Å². The molecule has 1 aliphatic heterocycles. The highest BCUT2D eigenvalue weighted by Crippen LogP contribution is 2.06. The Morgan fingerprint density at radius 2 is 2.00 bits per heavy atom. The Morgan fingerprint density at radius 1 is 1.32 bits per heavy atom. The molecule has 0 saturated carbocycles. The normalized spacial score (nSPS) is 20.1. The zero-order chi connectivity index (χ0) is 14.4. The number of hydrogen-bond donors (Lipinski definition) is 2. The number of carbonyl (C=O) groups excluding carboxylic acids is 2. The number of nitrogens with zero attached hydrogens (tertiary/aromatic N) is 2. The number of hydrogen-bond acceptors (Lipinski definition) is 5. The lowest BCUT2D eigenvalue weighted by Crippen LogP contribution is -2.55. The van der Waals surface area contributed by atoms with E-state index >= 15 is 0 Å². The van der Waals surface area contributed by atoms with Crippen molar-refractivity contribution in [3.05, 3.63) is 0 Å². The monoisotopic (exact) mass is 273 g/mol. The minimum atomic E-state index is -1.16. The van der Waals surface area contributed by atoms with Crippen LogP contribution in [0.1, 0.15) is 6.92 Å². The van der Waals surface area contributed by atoms with Gasteiger partial charge >= 0.3 is 12.0 Å². The molecule has 1 unspecified atom stereocenters. The number of carboxylic acids is 1. The lowest BCUT2D eigenvalue weighted by atomic mass is 10.2. The van der Waals surface area contributed by atoms with E-state index in [1.807, 2.05) is 14.0 Å². The first-order valence-corrected chi connectivity index (χ1v) is 5.98. The number of aliphatic carboxylic acids is 1. The van der Waals surface area contributed by atoms with Crippen LogP contribution in [-0.4, -0.2) is 78.8 Å². The summed E-state index contributed by atoms with van der Waals surface area (Å²) in [5.41, 5.74) is 0. The van der Waals surface area contributed by atoms with Gasteiger partial charge in [-0.15, -0.1) is 0 Å². The second kappa shape index (κ2) is 7.05.